The summed E-state index contributed by atoms with van der Waals surface area (Å²) < 4.78 is 26.7. The van der Waals surface area contributed by atoms with Gasteiger partial charge in [0.1, 0.15) is 0 Å². The molecule has 8 heteroatoms. The van der Waals surface area contributed by atoms with Crippen LogP contribution in [0.4, 0.5) is 0 Å². The number of hydrogen-bond donors (Lipinski definition) is 1. The molecule has 1 N–H and O–H groups in total. The first-order valence-electron chi connectivity index (χ1n) is 16.0. The summed E-state index contributed by atoms with van der Waals surface area (Å²) in [5.41, 5.74) is 3.20. The summed E-state index contributed by atoms with van der Waals surface area (Å²) in [6.45, 7) is 16.7. The van der Waals surface area contributed by atoms with E-state index in [0.717, 1.165) is 35.1 Å². The van der Waals surface area contributed by atoms with Crippen molar-refractivity contribution >= 4 is 20.1 Å². The molecule has 6 nitrogen and oxygen atoms in total. The zero-order valence-corrected chi connectivity index (χ0v) is 26.7. The summed E-state index contributed by atoms with van der Waals surface area (Å²) in [7, 11) is -0.978. The van der Waals surface area contributed by atoms with Crippen molar-refractivity contribution in [1.29, 1.82) is 0 Å². The number of nitrogens with one attached hydrogen (secondary N) is 1. The maximum atomic E-state index is 13.7. The van der Waals surface area contributed by atoms with E-state index in [1.165, 1.54) is 25.7 Å². The minimum absolute atomic E-state index is 0.0107. The van der Waals surface area contributed by atoms with Gasteiger partial charge in [0.25, 0.3) is 5.91 Å². The van der Waals surface area contributed by atoms with Crippen molar-refractivity contribution in [3.63, 3.8) is 0 Å². The van der Waals surface area contributed by atoms with E-state index in [4.69, 9.17) is 18.6 Å². The van der Waals surface area contributed by atoms with Crippen LogP contribution in [0.5, 0.6) is 0 Å². The lowest BCUT2D eigenvalue weighted by Crippen LogP contribution is -2.41. The van der Waals surface area contributed by atoms with Gasteiger partial charge in [0.15, 0.2) is 0 Å². The molecule has 4 aliphatic rings. The second-order valence-electron chi connectivity index (χ2n) is 14.8. The monoisotopic (exact) mass is 571 g/mol. The largest absolute Gasteiger partial charge is 0.470 e. The topological polar surface area (TPSA) is 66.0 Å². The lowest BCUT2D eigenvalue weighted by atomic mass is 9.51. The molecular weight excluding hydrogens is 524 g/mol. The predicted molar refractivity (Wildman–Crippen MR) is 168 cm³/mol. The molecule has 2 atom stereocenters. The van der Waals surface area contributed by atoms with Crippen molar-refractivity contribution in [2.24, 2.45) is 0 Å². The van der Waals surface area contributed by atoms with Crippen molar-refractivity contribution < 1.29 is 23.4 Å². The van der Waals surface area contributed by atoms with Crippen LogP contribution in [0.25, 0.3) is 0 Å². The molecule has 0 aromatic heterocycles. The highest BCUT2D eigenvalue weighted by atomic mass is 16.7. The summed E-state index contributed by atoms with van der Waals surface area (Å²) >= 11 is 0. The van der Waals surface area contributed by atoms with Crippen LogP contribution in [0.1, 0.15) is 138 Å². The van der Waals surface area contributed by atoms with Crippen LogP contribution in [0.3, 0.4) is 0 Å². The molecule has 0 bridgehead atoms. The molecule has 1 amide bonds. The van der Waals surface area contributed by atoms with Gasteiger partial charge in [-0.2, -0.15) is 0 Å². The molecule has 2 aromatic rings. The number of carbonyl (C=O) groups excluding carboxylic acids is 1. The lowest BCUT2D eigenvalue weighted by molar-refractivity contribution is 0.00578. The van der Waals surface area contributed by atoms with Crippen molar-refractivity contribution in [3.8, 4) is 0 Å². The first kappa shape index (κ1) is 29.9. The second kappa shape index (κ2) is 10.5. The molecule has 0 radical (unpaired) electrons. The molecule has 0 spiro atoms. The first-order valence-corrected chi connectivity index (χ1v) is 16.0. The molecule has 2 unspecified atom stereocenters. The zero-order valence-electron chi connectivity index (χ0n) is 26.7. The van der Waals surface area contributed by atoms with Crippen LogP contribution in [0, 0.1) is 0 Å². The molecule has 2 aliphatic heterocycles. The zero-order chi connectivity index (χ0) is 30.1. The van der Waals surface area contributed by atoms with E-state index in [2.05, 4.69) is 97.1 Å². The molecule has 6 rings (SSSR count). The lowest BCUT2D eigenvalue weighted by Gasteiger charge is -2.36. The van der Waals surface area contributed by atoms with E-state index in [1.807, 2.05) is 6.07 Å². The number of benzene rings is 2. The molecule has 2 heterocycles. The van der Waals surface area contributed by atoms with Crippen molar-refractivity contribution in [3.05, 3.63) is 70.3 Å². The predicted octanol–water partition coefficient (Wildman–Crippen LogP) is 6.98. The van der Waals surface area contributed by atoms with E-state index in [9.17, 15) is 4.79 Å². The first-order chi connectivity index (χ1) is 19.7. The summed E-state index contributed by atoms with van der Waals surface area (Å²) in [5, 5.41) is 3.35. The number of hydrogen-bond acceptors (Lipinski definition) is 5. The standard InChI is InChI=1S/C34H47B2NO5/c1-31(2)32(3,4)40-35(39-31)28-24-17-13-14-18-25(24)29(36-41-33(5,6)34(7,8)42-36)27-21-22(19-20-26(27)28)30(38)37-23-15-11-9-10-12-16-23/h13-14,17-21,23,28-29H,9-12,15-16H2,1-8H3,(H,37,38). The van der Waals surface area contributed by atoms with E-state index in [1.54, 1.807) is 0 Å². The maximum absolute atomic E-state index is 13.7. The fraction of sp³-hybridized carbons (Fsp3) is 0.618. The Bertz CT molecular complexity index is 1320. The molecule has 3 fully saturated rings. The Morgan fingerprint density at radius 2 is 1.07 bits per heavy atom. The van der Waals surface area contributed by atoms with Crippen LogP contribution in [0.2, 0.25) is 0 Å². The maximum Gasteiger partial charge on any atom is 0.470 e. The third kappa shape index (κ3) is 5.06. The van der Waals surface area contributed by atoms with Crippen molar-refractivity contribution in [1.82, 2.24) is 5.32 Å². The van der Waals surface area contributed by atoms with Crippen molar-refractivity contribution in [2.45, 2.75) is 134 Å². The normalized spacial score (nSPS) is 27.7. The number of rotatable bonds is 4. The smallest absolute Gasteiger partial charge is 0.403 e. The van der Waals surface area contributed by atoms with Crippen LogP contribution >= 0.6 is 0 Å². The minimum atomic E-state index is -0.505. The Morgan fingerprint density at radius 1 is 0.643 bits per heavy atom. The van der Waals surface area contributed by atoms with Gasteiger partial charge < -0.3 is 23.9 Å². The number of fused-ring (bicyclic) bond motifs is 2. The quantitative estimate of drug-likeness (QED) is 0.317. The van der Waals surface area contributed by atoms with Gasteiger partial charge in [-0.15, -0.1) is 0 Å². The fourth-order valence-electron chi connectivity index (χ4n) is 7.01. The Labute approximate surface area is 252 Å². The van der Waals surface area contributed by atoms with Crippen LogP contribution in [0.15, 0.2) is 42.5 Å². The van der Waals surface area contributed by atoms with Gasteiger partial charge in [0.05, 0.1) is 22.4 Å². The molecule has 42 heavy (non-hydrogen) atoms. The Morgan fingerprint density at radius 3 is 1.55 bits per heavy atom. The van der Waals surface area contributed by atoms with Gasteiger partial charge in [0, 0.05) is 23.2 Å². The SMILES string of the molecule is CC1(C)OB(C2c3ccccc3C(B3OC(C)(C)C(C)(C)O3)c3cc(C(=O)NC4CCCCCC4)ccc32)OC1(C)C. The van der Waals surface area contributed by atoms with Gasteiger partial charge in [-0.3, -0.25) is 4.79 Å². The average molecular weight is 571 g/mol. The highest BCUT2D eigenvalue weighted by Gasteiger charge is 2.59. The summed E-state index contributed by atoms with van der Waals surface area (Å²) in [4.78, 5) is 13.7. The Hall–Kier alpha value is -2.12. The van der Waals surface area contributed by atoms with Gasteiger partial charge in [-0.25, -0.2) is 0 Å². The van der Waals surface area contributed by atoms with Crippen LogP contribution < -0.4 is 5.32 Å². The summed E-state index contributed by atoms with van der Waals surface area (Å²) in [6.07, 6.45) is 6.94. The van der Waals surface area contributed by atoms with Crippen molar-refractivity contribution in [2.75, 3.05) is 0 Å². The van der Waals surface area contributed by atoms with Gasteiger partial charge in [0.2, 0.25) is 0 Å². The Balaban J connectivity index is 1.45. The van der Waals surface area contributed by atoms with E-state index >= 15 is 0 Å². The van der Waals surface area contributed by atoms with E-state index < -0.39 is 36.6 Å². The molecule has 2 saturated heterocycles. The third-order valence-electron chi connectivity index (χ3n) is 11.0. The van der Waals surface area contributed by atoms with Crippen LogP contribution in [-0.4, -0.2) is 48.6 Å². The molecule has 224 valence electrons. The van der Waals surface area contributed by atoms with Gasteiger partial charge in [-0.05, 0) is 103 Å². The highest BCUT2D eigenvalue weighted by Crippen LogP contribution is 2.52. The Kier molecular flexibility index (Phi) is 7.48. The van der Waals surface area contributed by atoms with Crippen LogP contribution in [-0.2, 0) is 18.6 Å². The number of carbonyl (C=O) groups is 1. The number of amides is 1. The summed E-state index contributed by atoms with van der Waals surface area (Å²) in [5.74, 6) is -0.375. The van der Waals surface area contributed by atoms with Gasteiger partial charge >= 0.3 is 14.2 Å². The second-order valence-corrected chi connectivity index (χ2v) is 14.8. The van der Waals surface area contributed by atoms with Gasteiger partial charge in [-0.1, -0.05) is 56.0 Å². The van der Waals surface area contributed by atoms with E-state index in [0.29, 0.717) is 5.56 Å². The fourth-order valence-corrected chi connectivity index (χ4v) is 7.01. The molecular formula is C34H47B2NO5. The summed E-state index contributed by atoms with van der Waals surface area (Å²) in [6, 6.07) is 14.9. The molecule has 2 aromatic carbocycles. The molecule has 1 saturated carbocycles. The molecule has 2 aliphatic carbocycles. The minimum Gasteiger partial charge on any atom is -0.403 e. The third-order valence-corrected chi connectivity index (χ3v) is 11.0. The van der Waals surface area contributed by atoms with E-state index in [-0.39, 0.29) is 23.6 Å². The highest BCUT2D eigenvalue weighted by molar-refractivity contribution is 6.51. The average Bonchev–Trinajstić information content (AvgIpc) is 3.12.